The molecule has 0 radical (unpaired) electrons. The van der Waals surface area contributed by atoms with E-state index < -0.39 is 0 Å². The summed E-state index contributed by atoms with van der Waals surface area (Å²) in [5.41, 5.74) is 3.89. The highest BCUT2D eigenvalue weighted by Gasteiger charge is 2.14. The molecule has 0 saturated carbocycles. The Kier molecular flexibility index (Phi) is 4.97. The second kappa shape index (κ2) is 6.71. The van der Waals surface area contributed by atoms with Crippen molar-refractivity contribution in [1.82, 2.24) is 10.2 Å². The highest BCUT2D eigenvalue weighted by atomic mass is 16.2. The van der Waals surface area contributed by atoms with Crippen LogP contribution in [0.25, 0.3) is 0 Å². The van der Waals surface area contributed by atoms with Crippen LogP contribution in [0.2, 0.25) is 0 Å². The van der Waals surface area contributed by atoms with Gasteiger partial charge in [0.2, 0.25) is 5.91 Å². The predicted octanol–water partition coefficient (Wildman–Crippen LogP) is 2.06. The second-order valence-electron chi connectivity index (χ2n) is 5.40. The van der Waals surface area contributed by atoms with Gasteiger partial charge in [0.1, 0.15) is 0 Å². The van der Waals surface area contributed by atoms with E-state index in [1.54, 1.807) is 0 Å². The molecular formula is C16H24N2O. The number of nitrogens with zero attached hydrogens (tertiary/aromatic N) is 1. The Labute approximate surface area is 116 Å². The van der Waals surface area contributed by atoms with Gasteiger partial charge in [0.05, 0.1) is 0 Å². The van der Waals surface area contributed by atoms with E-state index >= 15 is 0 Å². The number of carbonyl (C=O) groups is 1. The molecule has 1 aromatic rings. The highest BCUT2D eigenvalue weighted by Crippen LogP contribution is 2.12. The van der Waals surface area contributed by atoms with E-state index in [1.807, 2.05) is 4.90 Å². The van der Waals surface area contributed by atoms with Gasteiger partial charge in [-0.05, 0) is 49.9 Å². The molecule has 0 bridgehead atoms. The first-order chi connectivity index (χ1) is 9.16. The fourth-order valence-corrected chi connectivity index (χ4v) is 2.46. The van der Waals surface area contributed by atoms with Gasteiger partial charge in [-0.1, -0.05) is 18.2 Å². The summed E-state index contributed by atoms with van der Waals surface area (Å²) in [7, 11) is 0. The SMILES string of the molecule is Cc1ccc(CCC(=O)N2CCCNCC2)cc1C. The Hall–Kier alpha value is -1.35. The maximum absolute atomic E-state index is 12.2. The Balaban J connectivity index is 1.86. The fourth-order valence-electron chi connectivity index (χ4n) is 2.46. The summed E-state index contributed by atoms with van der Waals surface area (Å²) in [6.45, 7) is 7.95. The molecule has 0 atom stereocenters. The molecule has 1 amide bonds. The smallest absolute Gasteiger partial charge is 0.222 e. The van der Waals surface area contributed by atoms with Crippen molar-refractivity contribution in [2.24, 2.45) is 0 Å². The van der Waals surface area contributed by atoms with Crippen LogP contribution in [-0.2, 0) is 11.2 Å². The molecule has 0 aliphatic carbocycles. The van der Waals surface area contributed by atoms with Gasteiger partial charge in [-0.25, -0.2) is 0 Å². The number of benzene rings is 1. The quantitative estimate of drug-likeness (QED) is 0.902. The lowest BCUT2D eigenvalue weighted by Gasteiger charge is -2.20. The van der Waals surface area contributed by atoms with Crippen molar-refractivity contribution in [3.05, 3.63) is 34.9 Å². The zero-order valence-corrected chi connectivity index (χ0v) is 12.0. The lowest BCUT2D eigenvalue weighted by Crippen LogP contribution is -2.34. The minimum absolute atomic E-state index is 0.293. The van der Waals surface area contributed by atoms with Crippen molar-refractivity contribution in [2.45, 2.75) is 33.1 Å². The number of nitrogens with one attached hydrogen (secondary N) is 1. The van der Waals surface area contributed by atoms with E-state index in [2.05, 4.69) is 37.4 Å². The summed E-state index contributed by atoms with van der Waals surface area (Å²) in [5, 5.41) is 3.33. The molecule has 1 aliphatic heterocycles. The van der Waals surface area contributed by atoms with Crippen molar-refractivity contribution >= 4 is 5.91 Å². The maximum Gasteiger partial charge on any atom is 0.222 e. The normalized spacial score (nSPS) is 16.2. The minimum atomic E-state index is 0.293. The van der Waals surface area contributed by atoms with Crippen LogP contribution < -0.4 is 5.32 Å². The van der Waals surface area contributed by atoms with Gasteiger partial charge in [0.25, 0.3) is 0 Å². The number of amides is 1. The predicted molar refractivity (Wildman–Crippen MR) is 78.3 cm³/mol. The lowest BCUT2D eigenvalue weighted by atomic mass is 10.0. The van der Waals surface area contributed by atoms with Crippen LogP contribution in [0.3, 0.4) is 0 Å². The summed E-state index contributed by atoms with van der Waals surface area (Å²) in [4.78, 5) is 14.2. The third kappa shape index (κ3) is 4.06. The monoisotopic (exact) mass is 260 g/mol. The summed E-state index contributed by atoms with van der Waals surface area (Å²) < 4.78 is 0. The van der Waals surface area contributed by atoms with E-state index in [1.165, 1.54) is 16.7 Å². The van der Waals surface area contributed by atoms with Crippen LogP contribution in [0.15, 0.2) is 18.2 Å². The molecule has 1 N–H and O–H groups in total. The molecule has 3 nitrogen and oxygen atoms in total. The zero-order chi connectivity index (χ0) is 13.7. The van der Waals surface area contributed by atoms with Crippen LogP contribution in [0.4, 0.5) is 0 Å². The standard InChI is InChI=1S/C16H24N2O/c1-13-4-5-15(12-14(13)2)6-7-16(19)18-10-3-8-17-9-11-18/h4-5,12,17H,3,6-11H2,1-2H3. The number of hydrogen-bond donors (Lipinski definition) is 1. The lowest BCUT2D eigenvalue weighted by molar-refractivity contribution is -0.130. The molecular weight excluding hydrogens is 236 g/mol. The number of aryl methyl sites for hydroxylation is 3. The molecule has 0 spiro atoms. The van der Waals surface area contributed by atoms with Crippen LogP contribution in [-0.4, -0.2) is 37.0 Å². The van der Waals surface area contributed by atoms with E-state index in [-0.39, 0.29) is 0 Å². The zero-order valence-electron chi connectivity index (χ0n) is 12.0. The van der Waals surface area contributed by atoms with E-state index in [0.29, 0.717) is 12.3 Å². The van der Waals surface area contributed by atoms with Crippen molar-refractivity contribution < 1.29 is 4.79 Å². The first-order valence-corrected chi connectivity index (χ1v) is 7.21. The molecule has 104 valence electrons. The van der Waals surface area contributed by atoms with Crippen LogP contribution in [0.5, 0.6) is 0 Å². The highest BCUT2D eigenvalue weighted by molar-refractivity contribution is 5.76. The first-order valence-electron chi connectivity index (χ1n) is 7.21. The molecule has 0 unspecified atom stereocenters. The van der Waals surface area contributed by atoms with Crippen molar-refractivity contribution in [3.63, 3.8) is 0 Å². The molecule has 1 aromatic carbocycles. The number of carbonyl (C=O) groups excluding carboxylic acids is 1. The topological polar surface area (TPSA) is 32.3 Å². The van der Waals surface area contributed by atoms with Crippen molar-refractivity contribution in [3.8, 4) is 0 Å². The number of rotatable bonds is 3. The summed E-state index contributed by atoms with van der Waals surface area (Å²) in [6, 6.07) is 6.48. The Morgan fingerprint density at radius 3 is 2.84 bits per heavy atom. The average Bonchev–Trinajstić information content (AvgIpc) is 2.69. The van der Waals surface area contributed by atoms with Crippen LogP contribution in [0.1, 0.15) is 29.5 Å². The molecule has 0 aromatic heterocycles. The first kappa shape index (κ1) is 14.1. The van der Waals surface area contributed by atoms with Gasteiger partial charge in [0, 0.05) is 26.1 Å². The molecule has 1 fully saturated rings. The van der Waals surface area contributed by atoms with Gasteiger partial charge in [-0.2, -0.15) is 0 Å². The minimum Gasteiger partial charge on any atom is -0.341 e. The molecule has 1 saturated heterocycles. The summed E-state index contributed by atoms with van der Waals surface area (Å²) in [5.74, 6) is 0.293. The summed E-state index contributed by atoms with van der Waals surface area (Å²) >= 11 is 0. The van der Waals surface area contributed by atoms with Crippen LogP contribution >= 0.6 is 0 Å². The van der Waals surface area contributed by atoms with Gasteiger partial charge in [-0.3, -0.25) is 4.79 Å². The third-order valence-corrected chi connectivity index (χ3v) is 3.89. The van der Waals surface area contributed by atoms with E-state index in [9.17, 15) is 4.79 Å². The van der Waals surface area contributed by atoms with E-state index in [4.69, 9.17) is 0 Å². The largest absolute Gasteiger partial charge is 0.341 e. The average molecular weight is 260 g/mol. The van der Waals surface area contributed by atoms with Crippen molar-refractivity contribution in [2.75, 3.05) is 26.2 Å². The van der Waals surface area contributed by atoms with Gasteiger partial charge in [0.15, 0.2) is 0 Å². The van der Waals surface area contributed by atoms with E-state index in [0.717, 1.165) is 39.0 Å². The maximum atomic E-state index is 12.2. The van der Waals surface area contributed by atoms with Crippen LogP contribution in [0, 0.1) is 13.8 Å². The molecule has 2 rings (SSSR count). The summed E-state index contributed by atoms with van der Waals surface area (Å²) in [6.07, 6.45) is 2.54. The second-order valence-corrected chi connectivity index (χ2v) is 5.40. The fraction of sp³-hybridized carbons (Fsp3) is 0.562. The molecule has 1 heterocycles. The molecule has 3 heteroatoms. The Bertz CT molecular complexity index is 434. The Morgan fingerprint density at radius 2 is 2.05 bits per heavy atom. The molecule has 1 aliphatic rings. The van der Waals surface area contributed by atoms with Crippen molar-refractivity contribution in [1.29, 1.82) is 0 Å². The van der Waals surface area contributed by atoms with Gasteiger partial charge in [-0.15, -0.1) is 0 Å². The van der Waals surface area contributed by atoms with Gasteiger partial charge < -0.3 is 10.2 Å². The molecule has 19 heavy (non-hydrogen) atoms. The number of hydrogen-bond acceptors (Lipinski definition) is 2. The Morgan fingerprint density at radius 1 is 1.21 bits per heavy atom. The van der Waals surface area contributed by atoms with Gasteiger partial charge >= 0.3 is 0 Å². The third-order valence-electron chi connectivity index (χ3n) is 3.89.